The third kappa shape index (κ3) is 40.5. The Morgan fingerprint density at radius 3 is 1.03 bits per heavy atom. The van der Waals surface area contributed by atoms with Gasteiger partial charge in [0, 0.05) is 11.4 Å². The van der Waals surface area contributed by atoms with Gasteiger partial charge in [-0.25, -0.2) is 0 Å². The molecule has 0 spiro atoms. The largest absolute Gasteiger partial charge is 2.00 e. The van der Waals surface area contributed by atoms with Crippen LogP contribution in [-0.4, -0.2) is 24.7 Å². The summed E-state index contributed by atoms with van der Waals surface area (Å²) in [7, 11) is 0. The molecule has 0 aliphatic carbocycles. The van der Waals surface area contributed by atoms with Gasteiger partial charge in [-0.05, 0) is 37.2 Å². The van der Waals surface area contributed by atoms with Gasteiger partial charge in [0.1, 0.15) is 0 Å². The van der Waals surface area contributed by atoms with Gasteiger partial charge in [0.25, 0.3) is 0 Å². The number of unbranched alkanes of at least 4 members (excludes halogenated alkanes) is 16. The molecule has 0 N–H and O–H groups in total. The molecule has 11 heteroatoms. The number of hydrogen-bond donors (Lipinski definition) is 0. The van der Waals surface area contributed by atoms with E-state index in [-0.39, 0.29) is 19.5 Å². The summed E-state index contributed by atoms with van der Waals surface area (Å²) in [6.07, 6.45) is 24.2. The quantitative estimate of drug-likeness (QED) is 0.0451. The van der Waals surface area contributed by atoms with Gasteiger partial charge in [-0.1, -0.05) is 154 Å². The average Bonchev–Trinajstić information content (AvgIpc) is 2.87. The molecule has 0 aromatic heterocycles. The average molecular weight is 716 g/mol. The van der Waals surface area contributed by atoms with E-state index in [1.807, 2.05) is 0 Å². The Hall–Kier alpha value is 2.46. The molecule has 0 radical (unpaired) electrons. The van der Waals surface area contributed by atoms with Crippen molar-refractivity contribution in [3.63, 3.8) is 0 Å². The first kappa shape index (κ1) is 45.9. The van der Waals surface area contributed by atoms with Crippen LogP contribution in [0.1, 0.15) is 156 Å². The Morgan fingerprint density at radius 2 is 0.718 bits per heavy atom. The van der Waals surface area contributed by atoms with Crippen LogP contribution in [0.4, 0.5) is 0 Å². The molecule has 2 unspecified atom stereocenters. The van der Waals surface area contributed by atoms with E-state index >= 15 is 0 Å². The van der Waals surface area contributed by atoms with Crippen molar-refractivity contribution in [2.75, 3.05) is 24.7 Å². The molecule has 0 saturated heterocycles. The Labute approximate surface area is 275 Å². The maximum Gasteiger partial charge on any atom is 2.00 e. The van der Waals surface area contributed by atoms with Gasteiger partial charge in [0.05, 0.1) is 13.2 Å². The van der Waals surface area contributed by atoms with E-state index < -0.39 is 11.4 Å². The summed E-state index contributed by atoms with van der Waals surface area (Å²) in [5.74, 6) is 1.75. The second-order valence-corrected chi connectivity index (χ2v) is 22.2. The van der Waals surface area contributed by atoms with Crippen molar-refractivity contribution in [1.82, 2.24) is 0 Å². The molecular weight excluding hydrogens is 656 g/mol. The van der Waals surface area contributed by atoms with Crippen molar-refractivity contribution in [3.8, 4) is 0 Å². The normalized spacial score (nSPS) is 14.1. The topological polar surface area (TPSA) is 64.6 Å². The van der Waals surface area contributed by atoms with Gasteiger partial charge in [-0.2, -0.15) is 0 Å². The summed E-state index contributed by atoms with van der Waals surface area (Å²) in [5.41, 5.74) is -5.61. The van der Waals surface area contributed by atoms with Gasteiger partial charge in [-0.15, -0.1) is 22.8 Å². The van der Waals surface area contributed by atoms with Crippen molar-refractivity contribution in [3.05, 3.63) is 0 Å². The zero-order chi connectivity index (χ0) is 28.8. The minimum atomic E-state index is -2.80. The Morgan fingerprint density at radius 1 is 0.462 bits per heavy atom. The fourth-order valence-corrected chi connectivity index (χ4v) is 10.4. The van der Waals surface area contributed by atoms with Gasteiger partial charge in [0.2, 0.25) is 0 Å². The predicted octanol–water partition coefficient (Wildman–Crippen LogP) is 10.5. The van der Waals surface area contributed by atoms with Crippen LogP contribution in [0.5, 0.6) is 0 Å². The van der Waals surface area contributed by atoms with Crippen molar-refractivity contribution in [2.45, 2.75) is 156 Å². The van der Waals surface area contributed by atoms with Crippen LogP contribution in [0, 0.1) is 0 Å². The molecule has 0 aliphatic heterocycles. The summed E-state index contributed by atoms with van der Waals surface area (Å²) in [4.78, 5) is 23.9. The molecular formula is C28H60O4P2S4Zn. The van der Waals surface area contributed by atoms with Crippen LogP contribution >= 0.6 is 34.2 Å². The Bertz CT molecular complexity index is 530. The SMILES string of the molecule is CCCCCCCCSP([O-])(=S)OCCCCCC.CCCCCCCCSP([O-])(=S)OCCCCCC.[Zn+2]. The summed E-state index contributed by atoms with van der Waals surface area (Å²) >= 11 is 12.8. The van der Waals surface area contributed by atoms with E-state index in [4.69, 9.17) is 32.7 Å². The van der Waals surface area contributed by atoms with Crippen LogP contribution in [0.3, 0.4) is 0 Å². The van der Waals surface area contributed by atoms with E-state index in [1.165, 1.54) is 113 Å². The Balaban J connectivity index is -0.000000648. The molecule has 0 saturated carbocycles. The third-order valence-corrected chi connectivity index (χ3v) is 14.7. The summed E-state index contributed by atoms with van der Waals surface area (Å²) in [6.45, 7) is 9.92. The minimum absolute atomic E-state index is 0. The predicted molar refractivity (Wildman–Crippen MR) is 180 cm³/mol. The molecule has 0 aromatic carbocycles. The van der Waals surface area contributed by atoms with Crippen LogP contribution in [0.2, 0.25) is 0 Å². The van der Waals surface area contributed by atoms with Gasteiger partial charge >= 0.3 is 19.5 Å². The molecule has 2 atom stereocenters. The molecule has 39 heavy (non-hydrogen) atoms. The zero-order valence-electron chi connectivity index (χ0n) is 25.8. The van der Waals surface area contributed by atoms with E-state index in [1.54, 1.807) is 0 Å². The first-order valence-electron chi connectivity index (χ1n) is 15.4. The van der Waals surface area contributed by atoms with Gasteiger partial charge < -0.3 is 18.8 Å². The molecule has 232 valence electrons. The first-order valence-corrected chi connectivity index (χ1v) is 23.9. The third-order valence-electron chi connectivity index (χ3n) is 5.99. The molecule has 0 amide bonds. The fraction of sp³-hybridized carbons (Fsp3) is 1.00. The monoisotopic (exact) mass is 714 g/mol. The zero-order valence-corrected chi connectivity index (χ0v) is 33.9. The molecule has 0 fully saturated rings. The molecule has 0 rings (SSSR count). The second kappa shape index (κ2) is 34.9. The molecule has 0 bridgehead atoms. The molecule has 4 nitrogen and oxygen atoms in total. The summed E-state index contributed by atoms with van der Waals surface area (Å²) in [6, 6.07) is 0. The van der Waals surface area contributed by atoms with Gasteiger partial charge in [0.15, 0.2) is 0 Å². The van der Waals surface area contributed by atoms with Crippen molar-refractivity contribution < 1.29 is 38.3 Å². The minimum Gasteiger partial charge on any atom is -0.793 e. The molecule has 0 aromatic rings. The van der Waals surface area contributed by atoms with E-state index in [2.05, 4.69) is 27.7 Å². The smallest absolute Gasteiger partial charge is 0.793 e. The second-order valence-electron chi connectivity index (χ2n) is 9.88. The van der Waals surface area contributed by atoms with Crippen molar-refractivity contribution in [1.29, 1.82) is 0 Å². The first-order chi connectivity index (χ1) is 18.2. The van der Waals surface area contributed by atoms with E-state index in [0.29, 0.717) is 13.2 Å². The summed E-state index contributed by atoms with van der Waals surface area (Å²) < 4.78 is 10.7. The molecule has 0 aliphatic rings. The Kier molecular flexibility index (Phi) is 41.1. The standard InChI is InChI=1S/2C14H31O2PS2.Zn/c2*1-3-5-7-9-10-12-14-19-17(15,18)16-13-11-8-6-4-2;/h2*3-14H2,1-2H3,(H,15,18);/q;;+2/p-2. The maximum atomic E-state index is 11.9. The van der Waals surface area contributed by atoms with E-state index in [9.17, 15) is 9.79 Å². The maximum absolute atomic E-state index is 11.9. The van der Waals surface area contributed by atoms with Crippen molar-refractivity contribution in [2.24, 2.45) is 0 Å². The fourth-order valence-electron chi connectivity index (χ4n) is 3.60. The van der Waals surface area contributed by atoms with Crippen LogP contribution < -0.4 is 9.79 Å². The molecule has 0 heterocycles. The number of hydrogen-bond acceptors (Lipinski definition) is 8. The summed E-state index contributed by atoms with van der Waals surface area (Å²) in [5, 5.41) is 0. The van der Waals surface area contributed by atoms with Crippen LogP contribution in [-0.2, 0) is 52.1 Å². The van der Waals surface area contributed by atoms with Gasteiger partial charge in [-0.3, -0.25) is 0 Å². The number of rotatable bonds is 28. The van der Waals surface area contributed by atoms with Crippen LogP contribution in [0.15, 0.2) is 0 Å². The van der Waals surface area contributed by atoms with E-state index in [0.717, 1.165) is 50.0 Å². The van der Waals surface area contributed by atoms with Crippen molar-refractivity contribution >= 4 is 57.8 Å². The van der Waals surface area contributed by atoms with Crippen LogP contribution in [0.25, 0.3) is 0 Å².